The van der Waals surface area contributed by atoms with Gasteiger partial charge >= 0.3 is 5.76 Å². The Morgan fingerprint density at radius 2 is 1.48 bits per heavy atom. The number of hydrazone groups is 1. The van der Waals surface area contributed by atoms with E-state index in [9.17, 15) is 17.2 Å². The summed E-state index contributed by atoms with van der Waals surface area (Å²) in [7, 11) is -4.63. The van der Waals surface area contributed by atoms with Crippen LogP contribution in [-0.2, 0) is 9.84 Å². The van der Waals surface area contributed by atoms with E-state index in [1.807, 2.05) is 41.4 Å². The summed E-state index contributed by atoms with van der Waals surface area (Å²) in [6, 6.07) is 29.8. The van der Waals surface area contributed by atoms with Gasteiger partial charge in [-0.15, -0.1) is 0 Å². The van der Waals surface area contributed by atoms with E-state index in [-0.39, 0.29) is 6.04 Å². The number of fused-ring (bicyclic) bond motifs is 1. The van der Waals surface area contributed by atoms with E-state index in [0.717, 1.165) is 27.7 Å². The Bertz CT molecular complexity index is 1440. The summed E-state index contributed by atoms with van der Waals surface area (Å²) in [5, 5.41) is 9.09. The fourth-order valence-corrected chi connectivity index (χ4v) is 4.84. The molecule has 1 atom stereocenters. The average Bonchev–Trinajstić information content (AvgIpc) is 3.30. The van der Waals surface area contributed by atoms with Crippen molar-refractivity contribution < 1.29 is 17.2 Å². The third kappa shape index (κ3) is 4.00. The fraction of sp³-hybridized carbons (Fsp3) is 0.115. The van der Waals surface area contributed by atoms with E-state index in [1.165, 1.54) is 12.1 Å². The zero-order valence-corrected chi connectivity index (χ0v) is 18.3. The van der Waals surface area contributed by atoms with Crippen molar-refractivity contribution in [1.29, 1.82) is 0 Å². The molecule has 4 nitrogen and oxygen atoms in total. The minimum absolute atomic E-state index is 0.0492. The lowest BCUT2D eigenvalue weighted by molar-refractivity contribution is 0.234. The highest BCUT2D eigenvalue weighted by Crippen LogP contribution is 2.37. The molecule has 0 radical (unpaired) electrons. The molecule has 5 rings (SSSR count). The van der Waals surface area contributed by atoms with Gasteiger partial charge in [-0.25, -0.2) is 8.42 Å². The molecule has 4 aromatic rings. The molecule has 0 aliphatic carbocycles. The van der Waals surface area contributed by atoms with Crippen LogP contribution in [0, 0.1) is 0 Å². The third-order valence-corrected chi connectivity index (χ3v) is 7.24. The van der Waals surface area contributed by atoms with Crippen LogP contribution in [0.15, 0.2) is 107 Å². The molecule has 0 fully saturated rings. The fourth-order valence-electron chi connectivity index (χ4n) is 4.12. The normalized spacial score (nSPS) is 16.4. The van der Waals surface area contributed by atoms with E-state index in [2.05, 4.69) is 36.4 Å². The Morgan fingerprint density at radius 1 is 0.818 bits per heavy atom. The van der Waals surface area contributed by atoms with Gasteiger partial charge in [0.2, 0.25) is 9.84 Å². The van der Waals surface area contributed by atoms with Crippen LogP contribution in [0.1, 0.15) is 23.6 Å². The highest BCUT2D eigenvalue weighted by Gasteiger charge is 2.31. The van der Waals surface area contributed by atoms with E-state index in [4.69, 9.17) is 5.10 Å². The Balaban J connectivity index is 1.54. The van der Waals surface area contributed by atoms with Crippen LogP contribution in [-0.4, -0.2) is 19.9 Å². The first-order chi connectivity index (χ1) is 15.9. The van der Waals surface area contributed by atoms with E-state index in [1.54, 1.807) is 12.1 Å². The van der Waals surface area contributed by atoms with Crippen LogP contribution in [0.5, 0.6) is 0 Å². The second-order valence-corrected chi connectivity index (χ2v) is 9.80. The van der Waals surface area contributed by atoms with Crippen molar-refractivity contribution in [3.63, 3.8) is 0 Å². The summed E-state index contributed by atoms with van der Waals surface area (Å²) in [6.07, 6.45) is 0.595. The Hall–Kier alpha value is -3.58. The number of hydrogen-bond donors (Lipinski definition) is 0. The van der Waals surface area contributed by atoms with Crippen molar-refractivity contribution >= 4 is 32.0 Å². The Morgan fingerprint density at radius 3 is 2.18 bits per heavy atom. The SMILES string of the molecule is O=S(=O)(c1ccc(C2=NN(c3ccc4ccccc4c3)C(c3ccccc3)C2)cc1)C(F)F. The summed E-state index contributed by atoms with van der Waals surface area (Å²) < 4.78 is 49.3. The van der Waals surface area contributed by atoms with Gasteiger partial charge in [0.25, 0.3) is 0 Å². The van der Waals surface area contributed by atoms with Crippen molar-refractivity contribution in [2.24, 2.45) is 5.10 Å². The number of sulfone groups is 1. The zero-order chi connectivity index (χ0) is 23.0. The number of rotatable bonds is 5. The molecule has 4 aromatic carbocycles. The number of benzene rings is 4. The molecule has 33 heavy (non-hydrogen) atoms. The minimum Gasteiger partial charge on any atom is -0.257 e. The second-order valence-electron chi connectivity index (χ2n) is 7.88. The summed E-state index contributed by atoms with van der Waals surface area (Å²) in [6.45, 7) is 0. The lowest BCUT2D eigenvalue weighted by atomic mass is 9.98. The first-order valence-corrected chi connectivity index (χ1v) is 12.0. The number of anilines is 1. The molecule has 0 aromatic heterocycles. The molecular formula is C26H20F2N2O2S. The lowest BCUT2D eigenvalue weighted by Gasteiger charge is -2.24. The first-order valence-electron chi connectivity index (χ1n) is 10.5. The molecule has 0 N–H and O–H groups in total. The Labute approximate surface area is 190 Å². The molecule has 0 bridgehead atoms. The average molecular weight is 463 g/mol. The number of hydrogen-bond acceptors (Lipinski definition) is 4. The predicted octanol–water partition coefficient (Wildman–Crippen LogP) is 6.19. The maximum absolute atomic E-state index is 12.9. The van der Waals surface area contributed by atoms with Gasteiger partial charge in [0.05, 0.1) is 22.3 Å². The van der Waals surface area contributed by atoms with E-state index >= 15 is 0 Å². The molecule has 1 aliphatic heterocycles. The highest BCUT2D eigenvalue weighted by atomic mass is 32.2. The molecule has 1 heterocycles. The van der Waals surface area contributed by atoms with Gasteiger partial charge in [-0.1, -0.05) is 72.8 Å². The maximum Gasteiger partial charge on any atom is 0.341 e. The van der Waals surface area contributed by atoms with Crippen molar-refractivity contribution in [1.82, 2.24) is 0 Å². The molecule has 1 unspecified atom stereocenters. The van der Waals surface area contributed by atoms with E-state index < -0.39 is 20.5 Å². The lowest BCUT2D eigenvalue weighted by Crippen LogP contribution is -2.18. The van der Waals surface area contributed by atoms with Crippen LogP contribution >= 0.6 is 0 Å². The number of nitrogens with zero attached hydrogens (tertiary/aromatic N) is 2. The van der Waals surface area contributed by atoms with Crippen LogP contribution < -0.4 is 5.01 Å². The van der Waals surface area contributed by atoms with Gasteiger partial charge in [0.15, 0.2) is 0 Å². The van der Waals surface area contributed by atoms with Crippen LogP contribution in [0.2, 0.25) is 0 Å². The monoisotopic (exact) mass is 462 g/mol. The van der Waals surface area contributed by atoms with Crippen LogP contribution in [0.4, 0.5) is 14.5 Å². The Kier molecular flexibility index (Phi) is 5.42. The van der Waals surface area contributed by atoms with Crippen molar-refractivity contribution in [2.75, 3.05) is 5.01 Å². The van der Waals surface area contributed by atoms with Gasteiger partial charge in [0, 0.05) is 6.42 Å². The molecule has 7 heteroatoms. The summed E-state index contributed by atoms with van der Waals surface area (Å²) >= 11 is 0. The van der Waals surface area contributed by atoms with Crippen LogP contribution in [0.3, 0.4) is 0 Å². The molecular weight excluding hydrogens is 442 g/mol. The molecule has 0 saturated heterocycles. The molecule has 0 spiro atoms. The van der Waals surface area contributed by atoms with Gasteiger partial charge in [-0.05, 0) is 46.2 Å². The van der Waals surface area contributed by atoms with Crippen molar-refractivity contribution in [3.8, 4) is 0 Å². The summed E-state index contributed by atoms with van der Waals surface area (Å²) in [5.74, 6) is -3.45. The van der Waals surface area contributed by atoms with Crippen molar-refractivity contribution in [3.05, 3.63) is 108 Å². The van der Waals surface area contributed by atoms with Crippen LogP contribution in [0.25, 0.3) is 10.8 Å². The predicted molar refractivity (Wildman–Crippen MR) is 126 cm³/mol. The molecule has 1 aliphatic rings. The largest absolute Gasteiger partial charge is 0.341 e. The minimum atomic E-state index is -4.63. The molecule has 0 amide bonds. The highest BCUT2D eigenvalue weighted by molar-refractivity contribution is 7.91. The maximum atomic E-state index is 12.9. The summed E-state index contributed by atoms with van der Waals surface area (Å²) in [5.41, 5.74) is 3.50. The smallest absolute Gasteiger partial charge is 0.257 e. The van der Waals surface area contributed by atoms with E-state index in [0.29, 0.717) is 12.0 Å². The third-order valence-electron chi connectivity index (χ3n) is 5.84. The molecule has 0 saturated carbocycles. The number of halogens is 2. The quantitative estimate of drug-likeness (QED) is 0.355. The van der Waals surface area contributed by atoms with Crippen molar-refractivity contribution in [2.45, 2.75) is 23.1 Å². The van der Waals surface area contributed by atoms with Gasteiger partial charge < -0.3 is 0 Å². The first kappa shape index (κ1) is 21.3. The van der Waals surface area contributed by atoms with Gasteiger partial charge in [-0.2, -0.15) is 13.9 Å². The standard InChI is InChI=1S/C26H20F2N2O2S/c27-26(28)33(31,32)23-14-11-19(12-15-23)24-17-25(20-7-2-1-3-8-20)30(29-24)22-13-10-18-6-4-5-9-21(18)16-22/h1-16,25-26H,17H2. The molecule has 166 valence electrons. The number of alkyl halides is 2. The zero-order valence-electron chi connectivity index (χ0n) is 17.5. The second kappa shape index (κ2) is 8.41. The topological polar surface area (TPSA) is 49.7 Å². The van der Waals surface area contributed by atoms with Gasteiger partial charge in [0.1, 0.15) is 0 Å². The van der Waals surface area contributed by atoms with Gasteiger partial charge in [-0.3, -0.25) is 5.01 Å². The summed E-state index contributed by atoms with van der Waals surface area (Å²) in [4.78, 5) is -0.397.